The summed E-state index contributed by atoms with van der Waals surface area (Å²) in [6.45, 7) is 3.82. The van der Waals surface area contributed by atoms with E-state index in [9.17, 15) is 9.59 Å². The van der Waals surface area contributed by atoms with Crippen molar-refractivity contribution in [3.8, 4) is 11.3 Å². The Hall–Kier alpha value is -2.97. The van der Waals surface area contributed by atoms with E-state index >= 15 is 0 Å². The molecule has 0 aliphatic heterocycles. The first-order chi connectivity index (χ1) is 14.0. The molecule has 148 valence electrons. The first kappa shape index (κ1) is 19.4. The molecule has 0 unspecified atom stereocenters. The minimum atomic E-state index is -0.621. The van der Waals surface area contributed by atoms with Gasteiger partial charge in [0.15, 0.2) is 4.96 Å². The number of hydrogen-bond donors (Lipinski definition) is 2. The number of hydrogen-bond acceptors (Lipinski definition) is 5. The van der Waals surface area contributed by atoms with Crippen molar-refractivity contribution in [1.82, 2.24) is 14.7 Å². The molecular formula is C21H20N4O2S2. The monoisotopic (exact) mass is 424 g/mol. The minimum Gasteiger partial charge on any atom is -0.339 e. The molecular weight excluding hydrogens is 404 g/mol. The van der Waals surface area contributed by atoms with Gasteiger partial charge in [-0.2, -0.15) is 0 Å². The average Bonchev–Trinajstić information content (AvgIpc) is 3.43. The van der Waals surface area contributed by atoms with Gasteiger partial charge in [0.2, 0.25) is 5.91 Å². The van der Waals surface area contributed by atoms with Gasteiger partial charge in [0, 0.05) is 29.0 Å². The predicted octanol–water partition coefficient (Wildman–Crippen LogP) is 4.52. The highest BCUT2D eigenvalue weighted by atomic mass is 32.1. The number of thiophene rings is 1. The van der Waals surface area contributed by atoms with Gasteiger partial charge in [-0.25, -0.2) is 4.98 Å². The zero-order valence-corrected chi connectivity index (χ0v) is 17.6. The molecule has 4 rings (SSSR count). The second kappa shape index (κ2) is 8.18. The fraction of sp³-hybridized carbons (Fsp3) is 0.190. The van der Waals surface area contributed by atoms with Gasteiger partial charge in [-0.1, -0.05) is 32.0 Å². The Labute approximate surface area is 176 Å². The van der Waals surface area contributed by atoms with Crippen LogP contribution in [-0.4, -0.2) is 27.2 Å². The van der Waals surface area contributed by atoms with E-state index in [1.807, 2.05) is 71.7 Å². The third-order valence-electron chi connectivity index (χ3n) is 4.52. The predicted molar refractivity (Wildman–Crippen MR) is 118 cm³/mol. The number of carbonyl (C=O) groups excluding carboxylic acids is 2. The Morgan fingerprint density at radius 3 is 2.52 bits per heavy atom. The average molecular weight is 425 g/mol. The van der Waals surface area contributed by atoms with Crippen LogP contribution in [-0.2, 0) is 4.79 Å². The molecule has 29 heavy (non-hydrogen) atoms. The third-order valence-corrected chi connectivity index (χ3v) is 6.16. The van der Waals surface area contributed by atoms with Crippen molar-refractivity contribution in [2.45, 2.75) is 19.9 Å². The largest absolute Gasteiger partial charge is 0.339 e. The van der Waals surface area contributed by atoms with Crippen LogP contribution >= 0.6 is 22.7 Å². The van der Waals surface area contributed by atoms with E-state index in [0.717, 1.165) is 16.2 Å². The molecule has 1 atom stereocenters. The maximum atomic E-state index is 12.8. The Morgan fingerprint density at radius 1 is 1.07 bits per heavy atom. The maximum Gasteiger partial charge on any atom is 0.262 e. The molecule has 0 spiro atoms. The fourth-order valence-electron chi connectivity index (χ4n) is 2.97. The summed E-state index contributed by atoms with van der Waals surface area (Å²) in [5, 5.41) is 9.57. The van der Waals surface area contributed by atoms with Crippen molar-refractivity contribution in [2.75, 3.05) is 5.32 Å². The molecule has 2 N–H and O–H groups in total. The number of thiazole rings is 1. The number of aromatic nitrogens is 2. The molecule has 2 amide bonds. The first-order valence-electron chi connectivity index (χ1n) is 9.19. The molecule has 3 heterocycles. The fourth-order valence-corrected chi connectivity index (χ4v) is 4.29. The highest BCUT2D eigenvalue weighted by Gasteiger charge is 2.25. The molecule has 1 aromatic carbocycles. The van der Waals surface area contributed by atoms with Gasteiger partial charge in [-0.15, -0.1) is 22.7 Å². The molecule has 4 aromatic rings. The number of imidazole rings is 1. The lowest BCUT2D eigenvalue weighted by atomic mass is 10.0. The summed E-state index contributed by atoms with van der Waals surface area (Å²) < 4.78 is 1.99. The number of amides is 2. The Morgan fingerprint density at radius 2 is 1.86 bits per heavy atom. The summed E-state index contributed by atoms with van der Waals surface area (Å²) in [6, 6.07) is 10.5. The van der Waals surface area contributed by atoms with Crippen molar-refractivity contribution in [3.63, 3.8) is 0 Å². The lowest BCUT2D eigenvalue weighted by Gasteiger charge is -2.21. The van der Waals surface area contributed by atoms with Crippen LogP contribution in [0.1, 0.15) is 23.5 Å². The summed E-state index contributed by atoms with van der Waals surface area (Å²) in [5.74, 6) is -0.513. The molecule has 8 heteroatoms. The Kier molecular flexibility index (Phi) is 5.46. The van der Waals surface area contributed by atoms with Crippen molar-refractivity contribution >= 4 is 45.1 Å². The zero-order chi connectivity index (χ0) is 20.4. The van der Waals surface area contributed by atoms with E-state index in [-0.39, 0.29) is 17.7 Å². The standard InChI is InChI=1S/C21H20N4O2S2/c1-13(2)18(24-19(26)17-4-3-10-28-17)20(27)22-15-7-5-14(6-8-15)16-12-25-9-11-29-21(25)23-16/h3-13,18H,1-2H3,(H,22,27)(H,24,26)/t18-/m1/s1. The first-order valence-corrected chi connectivity index (χ1v) is 10.9. The summed E-state index contributed by atoms with van der Waals surface area (Å²) in [5.41, 5.74) is 2.54. The number of rotatable bonds is 6. The SMILES string of the molecule is CC(C)[C@@H](NC(=O)c1cccs1)C(=O)Nc1ccc(-c2cn3ccsc3n2)cc1. The molecule has 0 aliphatic rings. The topological polar surface area (TPSA) is 75.5 Å². The van der Waals surface area contributed by atoms with Crippen LogP contribution < -0.4 is 10.6 Å². The van der Waals surface area contributed by atoms with Gasteiger partial charge in [-0.3, -0.25) is 14.0 Å². The number of benzene rings is 1. The van der Waals surface area contributed by atoms with Crippen LogP contribution in [0.3, 0.4) is 0 Å². The van der Waals surface area contributed by atoms with Crippen molar-refractivity contribution in [3.05, 3.63) is 64.4 Å². The van der Waals surface area contributed by atoms with Crippen LogP contribution in [0.2, 0.25) is 0 Å². The van der Waals surface area contributed by atoms with Gasteiger partial charge in [0.25, 0.3) is 5.91 Å². The Bertz CT molecular complexity index is 1100. The summed E-state index contributed by atoms with van der Waals surface area (Å²) in [6.07, 6.45) is 3.95. The van der Waals surface area contributed by atoms with Gasteiger partial charge < -0.3 is 10.6 Å². The van der Waals surface area contributed by atoms with E-state index in [1.165, 1.54) is 11.3 Å². The minimum absolute atomic E-state index is 0.0448. The number of nitrogens with one attached hydrogen (secondary N) is 2. The van der Waals surface area contributed by atoms with Gasteiger partial charge in [0.1, 0.15) is 6.04 Å². The second-order valence-electron chi connectivity index (χ2n) is 6.96. The van der Waals surface area contributed by atoms with Gasteiger partial charge in [-0.05, 0) is 29.5 Å². The van der Waals surface area contributed by atoms with E-state index in [4.69, 9.17) is 0 Å². The lowest BCUT2D eigenvalue weighted by molar-refractivity contribution is -0.118. The second-order valence-corrected chi connectivity index (χ2v) is 8.78. The van der Waals surface area contributed by atoms with Crippen LogP contribution in [0.15, 0.2) is 59.6 Å². The molecule has 0 fully saturated rings. The number of anilines is 1. The third kappa shape index (κ3) is 4.23. The molecule has 0 radical (unpaired) electrons. The van der Waals surface area contributed by atoms with Crippen LogP contribution in [0, 0.1) is 5.92 Å². The zero-order valence-electron chi connectivity index (χ0n) is 16.0. The maximum absolute atomic E-state index is 12.8. The highest BCUT2D eigenvalue weighted by molar-refractivity contribution is 7.15. The van der Waals surface area contributed by atoms with E-state index in [2.05, 4.69) is 15.6 Å². The van der Waals surface area contributed by atoms with Gasteiger partial charge in [0.05, 0.1) is 10.6 Å². The van der Waals surface area contributed by atoms with Crippen LogP contribution in [0.4, 0.5) is 5.69 Å². The van der Waals surface area contributed by atoms with Crippen LogP contribution in [0.25, 0.3) is 16.2 Å². The summed E-state index contributed by atoms with van der Waals surface area (Å²) >= 11 is 2.94. The molecule has 0 saturated heterocycles. The highest BCUT2D eigenvalue weighted by Crippen LogP contribution is 2.23. The van der Waals surface area contributed by atoms with Crippen molar-refractivity contribution < 1.29 is 9.59 Å². The van der Waals surface area contributed by atoms with Crippen molar-refractivity contribution in [2.24, 2.45) is 5.92 Å². The van der Waals surface area contributed by atoms with Gasteiger partial charge >= 0.3 is 0 Å². The number of fused-ring (bicyclic) bond motifs is 1. The summed E-state index contributed by atoms with van der Waals surface area (Å²) in [4.78, 5) is 31.2. The number of carbonyl (C=O) groups is 2. The quantitative estimate of drug-likeness (QED) is 0.478. The number of nitrogens with zero attached hydrogens (tertiary/aromatic N) is 2. The van der Waals surface area contributed by atoms with Crippen molar-refractivity contribution in [1.29, 1.82) is 0 Å². The molecule has 0 bridgehead atoms. The summed E-state index contributed by atoms with van der Waals surface area (Å²) in [7, 11) is 0. The molecule has 3 aromatic heterocycles. The lowest BCUT2D eigenvalue weighted by Crippen LogP contribution is -2.46. The van der Waals surface area contributed by atoms with E-state index in [1.54, 1.807) is 17.4 Å². The van der Waals surface area contributed by atoms with Crippen LogP contribution in [0.5, 0.6) is 0 Å². The normalized spacial score (nSPS) is 12.2. The smallest absolute Gasteiger partial charge is 0.262 e. The van der Waals surface area contributed by atoms with E-state index in [0.29, 0.717) is 10.6 Å². The molecule has 0 aliphatic carbocycles. The Balaban J connectivity index is 1.44. The molecule has 0 saturated carbocycles. The van der Waals surface area contributed by atoms with E-state index < -0.39 is 6.04 Å². The molecule has 6 nitrogen and oxygen atoms in total.